The molecule has 6 rings (SSSR count). The molecule has 0 atom stereocenters. The number of aromatic nitrogens is 1. The number of halogens is 1. The Labute approximate surface area is 245 Å². The molecule has 0 amide bonds. The zero-order valence-electron chi connectivity index (χ0n) is 22.7. The first-order chi connectivity index (χ1) is 19.9. The van der Waals surface area contributed by atoms with Gasteiger partial charge in [0.25, 0.3) is 0 Å². The summed E-state index contributed by atoms with van der Waals surface area (Å²) in [5.41, 5.74) is 4.08. The second kappa shape index (κ2) is 11.5. The van der Waals surface area contributed by atoms with Crippen LogP contribution in [0.3, 0.4) is 0 Å². The van der Waals surface area contributed by atoms with Crippen LogP contribution in [0.25, 0.3) is 11.5 Å². The molecule has 0 radical (unpaired) electrons. The molecule has 1 aliphatic heterocycles. The van der Waals surface area contributed by atoms with E-state index in [0.29, 0.717) is 23.7 Å². The molecule has 4 aromatic carbocycles. The van der Waals surface area contributed by atoms with Gasteiger partial charge in [0.05, 0.1) is 10.9 Å². The quantitative estimate of drug-likeness (QED) is 0.205. The molecule has 1 aromatic heterocycles. The van der Waals surface area contributed by atoms with E-state index in [1.54, 1.807) is 48.5 Å². The predicted octanol–water partition coefficient (Wildman–Crippen LogP) is 7.05. The van der Waals surface area contributed by atoms with Crippen molar-refractivity contribution in [2.24, 2.45) is 0 Å². The lowest BCUT2D eigenvalue weighted by Gasteiger charge is -2.39. The number of anilines is 1. The minimum Gasteiger partial charge on any atom is -0.419 e. The van der Waals surface area contributed by atoms with Gasteiger partial charge in [-0.15, -0.1) is 0 Å². The minimum atomic E-state index is -3.93. The maximum Gasteiger partial charge on any atom is 0.236 e. The third-order valence-corrected chi connectivity index (χ3v) is 9.37. The summed E-state index contributed by atoms with van der Waals surface area (Å²) >= 11 is 6.09. The molecule has 8 heteroatoms. The fourth-order valence-electron chi connectivity index (χ4n) is 5.29. The lowest BCUT2D eigenvalue weighted by atomic mass is 9.96. The Morgan fingerprint density at radius 3 is 1.88 bits per heavy atom. The third kappa shape index (κ3) is 5.66. The number of aryl methyl sites for hydroxylation is 1. The first kappa shape index (κ1) is 27.3. The molecule has 0 saturated carbocycles. The Kier molecular flexibility index (Phi) is 7.67. The maximum atomic E-state index is 13.9. The van der Waals surface area contributed by atoms with Gasteiger partial charge >= 0.3 is 0 Å². The summed E-state index contributed by atoms with van der Waals surface area (Å²) < 4.78 is 34.0. The zero-order valence-corrected chi connectivity index (χ0v) is 24.2. The molecular formula is C33H30ClN3O3S. The summed E-state index contributed by atoms with van der Waals surface area (Å²) in [7, 11) is -3.93. The van der Waals surface area contributed by atoms with E-state index >= 15 is 0 Å². The Bertz CT molecular complexity index is 1680. The van der Waals surface area contributed by atoms with Gasteiger partial charge in [-0.3, -0.25) is 4.90 Å². The first-order valence-electron chi connectivity index (χ1n) is 13.6. The van der Waals surface area contributed by atoms with Crippen molar-refractivity contribution in [3.05, 3.63) is 131 Å². The molecule has 208 valence electrons. The SMILES string of the molecule is Cc1ccc(S(=O)(=O)c2nc(-c3ccc(Cl)cc3)oc2N2CCN(C(c3ccccc3)c3ccccc3)CC2)cc1. The average molecular weight is 584 g/mol. The van der Waals surface area contributed by atoms with Gasteiger partial charge < -0.3 is 9.32 Å². The van der Waals surface area contributed by atoms with Gasteiger partial charge in [0.1, 0.15) is 0 Å². The highest BCUT2D eigenvalue weighted by Gasteiger charge is 2.34. The molecule has 6 nitrogen and oxygen atoms in total. The Hall–Kier alpha value is -3.91. The second-order valence-corrected chi connectivity index (χ2v) is 12.5. The molecule has 0 aliphatic carbocycles. The fraction of sp³-hybridized carbons (Fsp3) is 0.182. The van der Waals surface area contributed by atoms with Gasteiger partial charge in [-0.25, -0.2) is 8.42 Å². The molecule has 41 heavy (non-hydrogen) atoms. The summed E-state index contributed by atoms with van der Waals surface area (Å²) in [4.78, 5) is 9.17. The van der Waals surface area contributed by atoms with E-state index in [4.69, 9.17) is 16.0 Å². The molecular weight excluding hydrogens is 554 g/mol. The molecule has 1 saturated heterocycles. The highest BCUT2D eigenvalue weighted by Crippen LogP contribution is 2.37. The van der Waals surface area contributed by atoms with E-state index in [9.17, 15) is 8.42 Å². The van der Waals surface area contributed by atoms with Crippen LogP contribution in [0.1, 0.15) is 22.7 Å². The monoisotopic (exact) mass is 583 g/mol. The van der Waals surface area contributed by atoms with Crippen LogP contribution < -0.4 is 4.90 Å². The molecule has 5 aromatic rings. The second-order valence-electron chi connectivity index (χ2n) is 10.2. The Balaban J connectivity index is 1.34. The summed E-state index contributed by atoms with van der Waals surface area (Å²) in [5, 5.41) is 0.512. The van der Waals surface area contributed by atoms with Crippen LogP contribution in [0, 0.1) is 6.92 Å². The highest BCUT2D eigenvalue weighted by atomic mass is 35.5. The van der Waals surface area contributed by atoms with E-state index in [1.165, 1.54) is 11.1 Å². The summed E-state index contributed by atoms with van der Waals surface area (Å²) in [6.07, 6.45) is 0. The lowest BCUT2D eigenvalue weighted by Crippen LogP contribution is -2.48. The van der Waals surface area contributed by atoms with Gasteiger partial charge in [0, 0.05) is 36.8 Å². The van der Waals surface area contributed by atoms with Crippen molar-refractivity contribution in [3.63, 3.8) is 0 Å². The normalized spacial score (nSPS) is 14.5. The summed E-state index contributed by atoms with van der Waals surface area (Å²) in [6, 6.07) is 34.9. The van der Waals surface area contributed by atoms with Gasteiger partial charge in [0.2, 0.25) is 26.6 Å². The number of benzene rings is 4. The molecule has 0 spiro atoms. The molecule has 2 heterocycles. The topological polar surface area (TPSA) is 66.7 Å². The van der Waals surface area contributed by atoms with Crippen LogP contribution in [-0.4, -0.2) is 44.5 Å². The molecule has 0 bridgehead atoms. The molecule has 1 aliphatic rings. The van der Waals surface area contributed by atoms with Crippen LogP contribution in [0.2, 0.25) is 5.02 Å². The Morgan fingerprint density at radius 1 is 0.756 bits per heavy atom. The van der Waals surface area contributed by atoms with E-state index in [-0.39, 0.29) is 27.7 Å². The number of piperazine rings is 1. The standard InChI is InChI=1S/C33H30ClN3O3S/c1-24-12-18-29(19-13-24)41(38,39)32-33(40-31(35-32)27-14-16-28(34)17-15-27)37-22-20-36(21-23-37)30(25-8-4-2-5-9-25)26-10-6-3-7-11-26/h2-19,30H,20-23H2,1H3. The van der Waals surface area contributed by atoms with Crippen LogP contribution in [0.5, 0.6) is 0 Å². The van der Waals surface area contributed by atoms with Gasteiger partial charge in [0.15, 0.2) is 0 Å². The van der Waals surface area contributed by atoms with Crippen molar-refractivity contribution in [2.75, 3.05) is 31.1 Å². The van der Waals surface area contributed by atoms with E-state index in [2.05, 4.69) is 58.4 Å². The number of sulfone groups is 1. The highest BCUT2D eigenvalue weighted by molar-refractivity contribution is 7.91. The fourth-order valence-corrected chi connectivity index (χ4v) is 6.73. The van der Waals surface area contributed by atoms with Crippen LogP contribution >= 0.6 is 11.6 Å². The predicted molar refractivity (Wildman–Crippen MR) is 162 cm³/mol. The van der Waals surface area contributed by atoms with Gasteiger partial charge in [-0.05, 0) is 54.4 Å². The number of oxazole rings is 1. The Morgan fingerprint density at radius 2 is 1.32 bits per heavy atom. The van der Waals surface area contributed by atoms with Crippen LogP contribution in [-0.2, 0) is 9.84 Å². The molecule has 0 N–H and O–H groups in total. The number of nitrogens with zero attached hydrogens (tertiary/aromatic N) is 3. The van der Waals surface area contributed by atoms with Crippen molar-refractivity contribution < 1.29 is 12.8 Å². The van der Waals surface area contributed by atoms with Crippen LogP contribution in [0.15, 0.2) is 124 Å². The van der Waals surface area contributed by atoms with Crippen molar-refractivity contribution in [2.45, 2.75) is 22.9 Å². The van der Waals surface area contributed by atoms with Gasteiger partial charge in [-0.2, -0.15) is 4.98 Å². The molecule has 1 fully saturated rings. The van der Waals surface area contributed by atoms with Crippen molar-refractivity contribution in [1.82, 2.24) is 9.88 Å². The van der Waals surface area contributed by atoms with Crippen molar-refractivity contribution in [3.8, 4) is 11.5 Å². The van der Waals surface area contributed by atoms with Crippen LogP contribution in [0.4, 0.5) is 5.88 Å². The van der Waals surface area contributed by atoms with E-state index in [0.717, 1.165) is 18.7 Å². The summed E-state index contributed by atoms with van der Waals surface area (Å²) in [6.45, 7) is 4.53. The largest absolute Gasteiger partial charge is 0.419 e. The van der Waals surface area contributed by atoms with E-state index < -0.39 is 9.84 Å². The molecule has 0 unspecified atom stereocenters. The lowest BCUT2D eigenvalue weighted by molar-refractivity contribution is 0.209. The smallest absolute Gasteiger partial charge is 0.236 e. The number of hydrogen-bond donors (Lipinski definition) is 0. The van der Waals surface area contributed by atoms with Gasteiger partial charge in [-0.1, -0.05) is 90.0 Å². The van der Waals surface area contributed by atoms with E-state index in [1.807, 2.05) is 24.0 Å². The van der Waals surface area contributed by atoms with Crippen molar-refractivity contribution >= 4 is 27.3 Å². The average Bonchev–Trinajstić information content (AvgIpc) is 3.46. The summed E-state index contributed by atoms with van der Waals surface area (Å²) in [5.74, 6) is 0.516. The first-order valence-corrected chi connectivity index (χ1v) is 15.4. The maximum absolute atomic E-state index is 13.9. The zero-order chi connectivity index (χ0) is 28.4. The minimum absolute atomic E-state index is 0.0672. The van der Waals surface area contributed by atoms with Crippen molar-refractivity contribution in [1.29, 1.82) is 0 Å². The third-order valence-electron chi connectivity index (χ3n) is 7.45. The number of rotatable bonds is 7. The number of hydrogen-bond acceptors (Lipinski definition) is 6.